The molecule has 1 aliphatic rings. The van der Waals surface area contributed by atoms with Crippen molar-refractivity contribution in [1.82, 2.24) is 9.36 Å². The van der Waals surface area contributed by atoms with Crippen LogP contribution in [0, 0.1) is 0 Å². The van der Waals surface area contributed by atoms with Crippen LogP contribution in [0.5, 0.6) is 0 Å². The fourth-order valence-electron chi connectivity index (χ4n) is 1.63. The molecule has 0 aromatic carbocycles. The maximum Gasteiger partial charge on any atom is 0.237 e. The Balaban J connectivity index is 2.07. The van der Waals surface area contributed by atoms with Gasteiger partial charge in [0.1, 0.15) is 5.01 Å². The summed E-state index contributed by atoms with van der Waals surface area (Å²) in [5.41, 5.74) is 5.75. The third-order valence-electron chi connectivity index (χ3n) is 2.46. The molecule has 1 aromatic rings. The van der Waals surface area contributed by atoms with Crippen molar-refractivity contribution in [2.75, 3.05) is 18.0 Å². The van der Waals surface area contributed by atoms with E-state index >= 15 is 0 Å². The number of hydrogen-bond donors (Lipinski definition) is 1. The molecule has 0 aliphatic carbocycles. The van der Waals surface area contributed by atoms with Crippen molar-refractivity contribution < 1.29 is 0 Å². The molecule has 1 fully saturated rings. The van der Waals surface area contributed by atoms with Gasteiger partial charge < -0.3 is 10.6 Å². The molecule has 2 N–H and O–H groups in total. The van der Waals surface area contributed by atoms with Crippen molar-refractivity contribution in [3.8, 4) is 0 Å². The van der Waals surface area contributed by atoms with E-state index in [0.29, 0.717) is 0 Å². The maximum atomic E-state index is 5.75. The Morgan fingerprint density at radius 2 is 2.07 bits per heavy atom. The highest BCUT2D eigenvalue weighted by Gasteiger charge is 2.16. The summed E-state index contributed by atoms with van der Waals surface area (Å²) in [6.07, 6.45) is 3.85. The van der Waals surface area contributed by atoms with Crippen LogP contribution in [0.1, 0.15) is 37.2 Å². The number of nitrogens with zero attached hydrogens (tertiary/aromatic N) is 3. The van der Waals surface area contributed by atoms with Gasteiger partial charge in [0.15, 0.2) is 0 Å². The lowest BCUT2D eigenvalue weighted by Gasteiger charge is -2.25. The first kappa shape index (κ1) is 9.86. The highest BCUT2D eigenvalue weighted by molar-refractivity contribution is 7.05. The zero-order valence-electron chi connectivity index (χ0n) is 8.44. The quantitative estimate of drug-likeness (QED) is 0.808. The lowest BCUT2D eigenvalue weighted by atomic mass is 10.1. The summed E-state index contributed by atoms with van der Waals surface area (Å²) in [6, 6.07) is 0.00559. The van der Waals surface area contributed by atoms with Crippen LogP contribution in [-0.2, 0) is 0 Å². The highest BCUT2D eigenvalue weighted by Crippen LogP contribution is 2.20. The molecule has 2 heterocycles. The topological polar surface area (TPSA) is 55.0 Å². The number of nitrogens with two attached hydrogens (primary N) is 1. The number of anilines is 1. The van der Waals surface area contributed by atoms with Gasteiger partial charge in [-0.1, -0.05) is 0 Å². The summed E-state index contributed by atoms with van der Waals surface area (Å²) in [6.45, 7) is 4.13. The number of hydrogen-bond acceptors (Lipinski definition) is 5. The van der Waals surface area contributed by atoms with Crippen LogP contribution >= 0.6 is 11.5 Å². The van der Waals surface area contributed by atoms with Gasteiger partial charge in [-0.25, -0.2) is 4.98 Å². The minimum atomic E-state index is 0.00559. The maximum absolute atomic E-state index is 5.75. The molecule has 0 bridgehead atoms. The average Bonchev–Trinajstić information content (AvgIpc) is 2.68. The molecule has 1 atom stereocenters. The summed E-state index contributed by atoms with van der Waals surface area (Å²) in [5.74, 6) is 0.877. The molecule has 0 saturated carbocycles. The summed E-state index contributed by atoms with van der Waals surface area (Å²) in [4.78, 5) is 6.70. The Bertz CT molecular complexity index is 291. The smallest absolute Gasteiger partial charge is 0.237 e. The van der Waals surface area contributed by atoms with E-state index < -0.39 is 0 Å². The number of rotatable bonds is 2. The van der Waals surface area contributed by atoms with E-state index in [1.807, 2.05) is 6.92 Å². The predicted octanol–water partition coefficient (Wildman–Crippen LogP) is 1.55. The van der Waals surface area contributed by atoms with Crippen molar-refractivity contribution >= 4 is 17.5 Å². The van der Waals surface area contributed by atoms with Crippen molar-refractivity contribution in [1.29, 1.82) is 0 Å². The molecule has 1 aromatic heterocycles. The second-order valence-corrected chi connectivity index (χ2v) is 4.55. The standard InChI is InChI=1S/C9H16N4S/c1-7(10)8-11-9(12-14-8)13-5-3-2-4-6-13/h7H,2-6,10H2,1H3/t7-/m1/s1. The Morgan fingerprint density at radius 1 is 1.36 bits per heavy atom. The Labute approximate surface area is 88.3 Å². The molecule has 4 nitrogen and oxygen atoms in total. The van der Waals surface area contributed by atoms with Crippen LogP contribution < -0.4 is 10.6 Å². The van der Waals surface area contributed by atoms with Crippen molar-refractivity contribution in [3.05, 3.63) is 5.01 Å². The minimum Gasteiger partial charge on any atom is -0.340 e. The largest absolute Gasteiger partial charge is 0.340 e. The molecule has 0 unspecified atom stereocenters. The fraction of sp³-hybridized carbons (Fsp3) is 0.778. The van der Waals surface area contributed by atoms with Crippen LogP contribution in [0.2, 0.25) is 0 Å². The van der Waals surface area contributed by atoms with Crippen LogP contribution in [-0.4, -0.2) is 22.4 Å². The molecule has 78 valence electrons. The zero-order valence-corrected chi connectivity index (χ0v) is 9.26. The highest BCUT2D eigenvalue weighted by atomic mass is 32.1. The first-order valence-electron chi connectivity index (χ1n) is 5.11. The summed E-state index contributed by atoms with van der Waals surface area (Å²) in [7, 11) is 0. The van der Waals surface area contributed by atoms with Gasteiger partial charge in [-0.2, -0.15) is 4.37 Å². The molecule has 0 radical (unpaired) electrons. The van der Waals surface area contributed by atoms with Gasteiger partial charge in [-0.15, -0.1) is 0 Å². The molecular formula is C9H16N4S. The van der Waals surface area contributed by atoms with Gasteiger partial charge in [0.25, 0.3) is 0 Å². The SMILES string of the molecule is C[C@@H](N)c1nc(N2CCCCC2)ns1. The fourth-order valence-corrected chi connectivity index (χ4v) is 2.25. The molecule has 0 amide bonds. The van der Waals surface area contributed by atoms with Gasteiger partial charge in [-0.05, 0) is 37.7 Å². The van der Waals surface area contributed by atoms with Gasteiger partial charge in [-0.3, -0.25) is 0 Å². The first-order chi connectivity index (χ1) is 6.77. The van der Waals surface area contributed by atoms with E-state index in [4.69, 9.17) is 5.73 Å². The lowest BCUT2D eigenvalue weighted by molar-refractivity contribution is 0.569. The van der Waals surface area contributed by atoms with Gasteiger partial charge in [0.2, 0.25) is 5.95 Å². The Hall–Kier alpha value is -0.680. The second-order valence-electron chi connectivity index (χ2n) is 3.77. The van der Waals surface area contributed by atoms with Crippen LogP contribution in [0.4, 0.5) is 5.95 Å². The van der Waals surface area contributed by atoms with E-state index in [2.05, 4.69) is 14.3 Å². The summed E-state index contributed by atoms with van der Waals surface area (Å²) in [5, 5.41) is 0.936. The summed E-state index contributed by atoms with van der Waals surface area (Å²) < 4.78 is 4.34. The second kappa shape index (κ2) is 4.23. The summed E-state index contributed by atoms with van der Waals surface area (Å²) >= 11 is 1.42. The Kier molecular flexibility index (Phi) is 2.98. The molecule has 0 spiro atoms. The van der Waals surface area contributed by atoms with E-state index in [1.165, 1.54) is 30.8 Å². The van der Waals surface area contributed by atoms with E-state index in [9.17, 15) is 0 Å². The molecule has 2 rings (SSSR count). The molecule has 1 saturated heterocycles. The lowest BCUT2D eigenvalue weighted by Crippen LogP contribution is -2.30. The van der Waals surface area contributed by atoms with Crippen molar-refractivity contribution in [3.63, 3.8) is 0 Å². The van der Waals surface area contributed by atoms with Gasteiger partial charge in [0, 0.05) is 13.1 Å². The van der Waals surface area contributed by atoms with Crippen molar-refractivity contribution in [2.24, 2.45) is 5.73 Å². The first-order valence-corrected chi connectivity index (χ1v) is 5.89. The Morgan fingerprint density at radius 3 is 2.64 bits per heavy atom. The predicted molar refractivity (Wildman–Crippen MR) is 58.6 cm³/mol. The number of piperidine rings is 1. The molecule has 1 aliphatic heterocycles. The van der Waals surface area contributed by atoms with Crippen molar-refractivity contribution in [2.45, 2.75) is 32.2 Å². The average molecular weight is 212 g/mol. The molecule has 5 heteroatoms. The van der Waals surface area contributed by atoms with Gasteiger partial charge >= 0.3 is 0 Å². The van der Waals surface area contributed by atoms with E-state index in [0.717, 1.165) is 24.0 Å². The minimum absolute atomic E-state index is 0.00559. The normalized spacial score (nSPS) is 19.7. The van der Waals surface area contributed by atoms with E-state index in [-0.39, 0.29) is 6.04 Å². The van der Waals surface area contributed by atoms with Crippen LogP contribution in [0.25, 0.3) is 0 Å². The third kappa shape index (κ3) is 2.04. The zero-order chi connectivity index (χ0) is 9.97. The monoisotopic (exact) mass is 212 g/mol. The molecule has 14 heavy (non-hydrogen) atoms. The third-order valence-corrected chi connectivity index (χ3v) is 3.36. The molecular weight excluding hydrogens is 196 g/mol. The van der Waals surface area contributed by atoms with Crippen LogP contribution in [0.15, 0.2) is 0 Å². The van der Waals surface area contributed by atoms with Crippen LogP contribution in [0.3, 0.4) is 0 Å². The van der Waals surface area contributed by atoms with E-state index in [1.54, 1.807) is 0 Å². The van der Waals surface area contributed by atoms with Gasteiger partial charge in [0.05, 0.1) is 6.04 Å². The number of aromatic nitrogens is 2.